The van der Waals surface area contributed by atoms with E-state index in [4.69, 9.17) is 0 Å². The van der Waals surface area contributed by atoms with Crippen LogP contribution in [-0.4, -0.2) is 31.1 Å². The van der Waals surface area contributed by atoms with Crippen molar-refractivity contribution in [1.82, 2.24) is 10.2 Å². The van der Waals surface area contributed by atoms with Crippen molar-refractivity contribution < 1.29 is 0 Å². The van der Waals surface area contributed by atoms with Gasteiger partial charge in [-0.2, -0.15) is 11.3 Å². The molecule has 1 unspecified atom stereocenters. The summed E-state index contributed by atoms with van der Waals surface area (Å²) in [6.45, 7) is 4.76. The minimum Gasteiger partial charge on any atom is -0.314 e. The molecule has 1 aromatic heterocycles. The van der Waals surface area contributed by atoms with Crippen molar-refractivity contribution in [3.05, 3.63) is 22.4 Å². The SMILES string of the molecule is c1cc(C(C2CCCCC2)N2CCNCC2)cs1. The molecule has 18 heavy (non-hydrogen) atoms. The van der Waals surface area contributed by atoms with Crippen molar-refractivity contribution in [2.75, 3.05) is 26.2 Å². The Morgan fingerprint density at radius 3 is 2.61 bits per heavy atom. The zero-order chi connectivity index (χ0) is 12.2. The second kappa shape index (κ2) is 6.18. The van der Waals surface area contributed by atoms with Crippen LogP contribution in [0.2, 0.25) is 0 Å². The van der Waals surface area contributed by atoms with Gasteiger partial charge in [0.2, 0.25) is 0 Å². The predicted molar refractivity (Wildman–Crippen MR) is 78.1 cm³/mol. The molecule has 100 valence electrons. The molecule has 2 fully saturated rings. The number of hydrogen-bond donors (Lipinski definition) is 1. The summed E-state index contributed by atoms with van der Waals surface area (Å²) in [4.78, 5) is 2.73. The lowest BCUT2D eigenvalue weighted by atomic mass is 9.81. The van der Waals surface area contributed by atoms with E-state index in [0.717, 1.165) is 19.0 Å². The molecular formula is C15H24N2S. The van der Waals surface area contributed by atoms with Gasteiger partial charge in [0.1, 0.15) is 0 Å². The third kappa shape index (κ3) is 2.79. The molecule has 0 aromatic carbocycles. The van der Waals surface area contributed by atoms with Crippen LogP contribution in [0, 0.1) is 5.92 Å². The van der Waals surface area contributed by atoms with Gasteiger partial charge >= 0.3 is 0 Å². The largest absolute Gasteiger partial charge is 0.314 e. The van der Waals surface area contributed by atoms with Crippen molar-refractivity contribution in [3.8, 4) is 0 Å². The lowest BCUT2D eigenvalue weighted by molar-refractivity contribution is 0.104. The maximum atomic E-state index is 3.48. The van der Waals surface area contributed by atoms with Crippen LogP contribution in [0.1, 0.15) is 43.7 Å². The van der Waals surface area contributed by atoms with Gasteiger partial charge in [-0.25, -0.2) is 0 Å². The van der Waals surface area contributed by atoms with Crippen molar-refractivity contribution in [3.63, 3.8) is 0 Å². The summed E-state index contributed by atoms with van der Waals surface area (Å²) in [6, 6.07) is 3.05. The van der Waals surface area contributed by atoms with Crippen molar-refractivity contribution >= 4 is 11.3 Å². The Kier molecular flexibility index (Phi) is 4.34. The minimum absolute atomic E-state index is 0.693. The molecule has 3 heteroatoms. The molecule has 1 aliphatic carbocycles. The third-order valence-corrected chi connectivity index (χ3v) is 5.23. The lowest BCUT2D eigenvalue weighted by Crippen LogP contribution is -2.47. The van der Waals surface area contributed by atoms with Crippen LogP contribution in [0.3, 0.4) is 0 Å². The molecule has 1 saturated heterocycles. The van der Waals surface area contributed by atoms with Gasteiger partial charge in [0, 0.05) is 32.2 Å². The summed E-state index contributed by atoms with van der Waals surface area (Å²) in [5.41, 5.74) is 1.58. The molecule has 1 aliphatic heterocycles. The topological polar surface area (TPSA) is 15.3 Å². The van der Waals surface area contributed by atoms with Crippen LogP contribution in [0.25, 0.3) is 0 Å². The van der Waals surface area contributed by atoms with E-state index in [9.17, 15) is 0 Å². The van der Waals surface area contributed by atoms with E-state index in [1.165, 1.54) is 45.2 Å². The normalized spacial score (nSPS) is 25.1. The van der Waals surface area contributed by atoms with Gasteiger partial charge in [-0.15, -0.1) is 0 Å². The quantitative estimate of drug-likeness (QED) is 0.901. The summed E-state index contributed by atoms with van der Waals surface area (Å²) in [7, 11) is 0. The number of hydrogen-bond acceptors (Lipinski definition) is 3. The van der Waals surface area contributed by atoms with Crippen LogP contribution in [0.15, 0.2) is 16.8 Å². The number of nitrogens with zero attached hydrogens (tertiary/aromatic N) is 1. The molecule has 1 N–H and O–H groups in total. The zero-order valence-electron chi connectivity index (χ0n) is 11.1. The van der Waals surface area contributed by atoms with E-state index in [-0.39, 0.29) is 0 Å². The highest BCUT2D eigenvalue weighted by Gasteiger charge is 2.30. The van der Waals surface area contributed by atoms with Gasteiger partial charge < -0.3 is 5.32 Å². The Labute approximate surface area is 114 Å². The highest BCUT2D eigenvalue weighted by Crippen LogP contribution is 2.39. The van der Waals surface area contributed by atoms with E-state index in [1.54, 1.807) is 5.56 Å². The van der Waals surface area contributed by atoms with Crippen LogP contribution in [0.4, 0.5) is 0 Å². The fraction of sp³-hybridized carbons (Fsp3) is 0.733. The number of piperazine rings is 1. The predicted octanol–water partition coefficient (Wildman–Crippen LogP) is 3.27. The maximum absolute atomic E-state index is 3.48. The Morgan fingerprint density at radius 1 is 1.17 bits per heavy atom. The summed E-state index contributed by atoms with van der Waals surface area (Å²) < 4.78 is 0. The highest BCUT2D eigenvalue weighted by molar-refractivity contribution is 7.07. The van der Waals surface area contributed by atoms with Crippen LogP contribution in [-0.2, 0) is 0 Å². The molecule has 1 aromatic rings. The molecule has 2 nitrogen and oxygen atoms in total. The van der Waals surface area contributed by atoms with Gasteiger partial charge in [-0.3, -0.25) is 4.90 Å². The molecule has 2 aliphatic rings. The molecule has 0 spiro atoms. The van der Waals surface area contributed by atoms with E-state index >= 15 is 0 Å². The molecule has 2 heterocycles. The molecule has 0 radical (unpaired) electrons. The summed E-state index contributed by atoms with van der Waals surface area (Å²) in [5.74, 6) is 0.895. The van der Waals surface area contributed by atoms with E-state index in [2.05, 4.69) is 27.0 Å². The van der Waals surface area contributed by atoms with Gasteiger partial charge in [-0.1, -0.05) is 19.3 Å². The first-order valence-corrected chi connectivity index (χ1v) is 8.36. The molecule has 0 amide bonds. The Balaban J connectivity index is 1.78. The fourth-order valence-electron chi connectivity index (χ4n) is 3.63. The first-order chi connectivity index (χ1) is 8.95. The average Bonchev–Trinajstić information content (AvgIpc) is 2.95. The van der Waals surface area contributed by atoms with E-state index < -0.39 is 0 Å². The summed E-state index contributed by atoms with van der Waals surface area (Å²) in [6.07, 6.45) is 7.21. The van der Waals surface area contributed by atoms with Crippen molar-refractivity contribution in [2.45, 2.75) is 38.1 Å². The Bertz CT molecular complexity index is 319. The van der Waals surface area contributed by atoms with Crippen LogP contribution >= 0.6 is 11.3 Å². The monoisotopic (exact) mass is 264 g/mol. The number of thiophene rings is 1. The summed E-state index contributed by atoms with van der Waals surface area (Å²) in [5, 5.41) is 8.10. The van der Waals surface area contributed by atoms with Crippen LogP contribution in [0.5, 0.6) is 0 Å². The second-order valence-electron chi connectivity index (χ2n) is 5.69. The number of rotatable bonds is 3. The summed E-state index contributed by atoms with van der Waals surface area (Å²) >= 11 is 1.85. The fourth-order valence-corrected chi connectivity index (χ4v) is 4.32. The maximum Gasteiger partial charge on any atom is 0.0385 e. The van der Waals surface area contributed by atoms with Gasteiger partial charge in [0.05, 0.1) is 0 Å². The van der Waals surface area contributed by atoms with Crippen molar-refractivity contribution in [2.24, 2.45) is 5.92 Å². The second-order valence-corrected chi connectivity index (χ2v) is 6.47. The van der Waals surface area contributed by atoms with E-state index in [1.807, 2.05) is 11.3 Å². The molecule has 1 saturated carbocycles. The van der Waals surface area contributed by atoms with Gasteiger partial charge in [-0.05, 0) is 41.1 Å². The minimum atomic E-state index is 0.693. The molecule has 0 bridgehead atoms. The highest BCUT2D eigenvalue weighted by atomic mass is 32.1. The van der Waals surface area contributed by atoms with Gasteiger partial charge in [0.25, 0.3) is 0 Å². The Morgan fingerprint density at radius 2 is 1.94 bits per heavy atom. The molecule has 3 rings (SSSR count). The molecular weight excluding hydrogens is 240 g/mol. The van der Waals surface area contributed by atoms with Crippen LogP contribution < -0.4 is 5.32 Å². The first-order valence-electron chi connectivity index (χ1n) is 7.42. The molecule has 1 atom stereocenters. The smallest absolute Gasteiger partial charge is 0.0385 e. The third-order valence-electron chi connectivity index (χ3n) is 4.53. The standard InChI is InChI=1S/C15H24N2S/c1-2-4-13(5-3-1)15(14-6-11-18-12-14)17-9-7-16-8-10-17/h6,11-13,15-16H,1-5,7-10H2. The van der Waals surface area contributed by atoms with E-state index in [0.29, 0.717) is 6.04 Å². The average molecular weight is 264 g/mol. The van der Waals surface area contributed by atoms with Crippen molar-refractivity contribution in [1.29, 1.82) is 0 Å². The number of nitrogens with one attached hydrogen (secondary N) is 1. The first kappa shape index (κ1) is 12.6. The zero-order valence-corrected chi connectivity index (χ0v) is 11.9. The Hall–Kier alpha value is -0.380. The lowest BCUT2D eigenvalue weighted by Gasteiger charge is -2.40. The van der Waals surface area contributed by atoms with Gasteiger partial charge in [0.15, 0.2) is 0 Å².